The predicted octanol–water partition coefficient (Wildman–Crippen LogP) is 2.78. The molecule has 6 nitrogen and oxygen atoms in total. The zero-order chi connectivity index (χ0) is 16.6. The molecule has 0 aliphatic carbocycles. The first-order valence-corrected chi connectivity index (χ1v) is 7.38. The summed E-state index contributed by atoms with van der Waals surface area (Å²) >= 11 is 0. The molecule has 0 atom stereocenters. The van der Waals surface area contributed by atoms with E-state index >= 15 is 0 Å². The van der Waals surface area contributed by atoms with Crippen LogP contribution >= 0.6 is 0 Å². The van der Waals surface area contributed by atoms with Crippen LogP contribution in [-0.4, -0.2) is 25.2 Å². The van der Waals surface area contributed by atoms with Crippen molar-refractivity contribution in [1.82, 2.24) is 19.3 Å². The Kier molecular flexibility index (Phi) is 3.73. The maximum absolute atomic E-state index is 12.3. The van der Waals surface area contributed by atoms with E-state index in [1.165, 1.54) is 0 Å². The van der Waals surface area contributed by atoms with Gasteiger partial charge in [-0.1, -0.05) is 0 Å². The number of aryl methyl sites for hydroxylation is 2. The molecule has 0 bridgehead atoms. The van der Waals surface area contributed by atoms with Crippen molar-refractivity contribution in [2.75, 3.05) is 5.32 Å². The number of carbonyl (C=O) groups is 1. The molecule has 3 aromatic rings. The second-order valence-electron chi connectivity index (χ2n) is 5.55. The van der Waals surface area contributed by atoms with Crippen LogP contribution in [0.2, 0.25) is 0 Å². The number of nitrogens with zero attached hydrogens (tertiary/aromatic N) is 4. The minimum absolute atomic E-state index is 0.155. The number of amides is 1. The average Bonchev–Trinajstić information content (AvgIpc) is 3.04. The van der Waals surface area contributed by atoms with Crippen LogP contribution in [0.3, 0.4) is 0 Å². The van der Waals surface area contributed by atoms with Gasteiger partial charge in [0.2, 0.25) is 0 Å². The average molecular weight is 309 g/mol. The van der Waals surface area contributed by atoms with Gasteiger partial charge in [0.05, 0.1) is 23.8 Å². The number of nitrogens with one attached hydrogen (secondary N) is 1. The van der Waals surface area contributed by atoms with E-state index in [1.54, 1.807) is 17.2 Å². The second kappa shape index (κ2) is 5.72. The third-order valence-corrected chi connectivity index (χ3v) is 4.14. The lowest BCUT2D eigenvalue weighted by Crippen LogP contribution is -2.13. The molecule has 0 fully saturated rings. The number of carbonyl (C=O) groups excluding carboxylic acids is 1. The predicted molar refractivity (Wildman–Crippen MR) is 88.9 cm³/mol. The maximum Gasteiger partial charge on any atom is 0.259 e. The van der Waals surface area contributed by atoms with Crippen LogP contribution in [0.25, 0.3) is 5.69 Å². The molecule has 2 heterocycles. The van der Waals surface area contributed by atoms with Crippen molar-refractivity contribution in [1.29, 1.82) is 0 Å². The van der Waals surface area contributed by atoms with E-state index in [0.717, 1.165) is 28.5 Å². The fourth-order valence-corrected chi connectivity index (χ4v) is 2.38. The zero-order valence-corrected chi connectivity index (χ0v) is 13.7. The van der Waals surface area contributed by atoms with E-state index in [0.29, 0.717) is 5.56 Å². The summed E-state index contributed by atoms with van der Waals surface area (Å²) in [6, 6.07) is 7.68. The van der Waals surface area contributed by atoms with Crippen LogP contribution in [0.4, 0.5) is 5.69 Å². The van der Waals surface area contributed by atoms with Gasteiger partial charge in [-0.2, -0.15) is 5.10 Å². The van der Waals surface area contributed by atoms with Crippen molar-refractivity contribution < 1.29 is 4.79 Å². The Labute approximate surface area is 134 Å². The van der Waals surface area contributed by atoms with Gasteiger partial charge in [0.15, 0.2) is 0 Å². The van der Waals surface area contributed by atoms with Crippen molar-refractivity contribution in [3.63, 3.8) is 0 Å². The Bertz CT molecular complexity index is 858. The number of aromatic nitrogens is 4. The first-order valence-electron chi connectivity index (χ1n) is 7.38. The molecule has 0 radical (unpaired) electrons. The number of rotatable bonds is 3. The number of anilines is 1. The third kappa shape index (κ3) is 2.75. The first-order chi connectivity index (χ1) is 11.0. The van der Waals surface area contributed by atoms with Crippen LogP contribution in [-0.2, 0) is 7.05 Å². The maximum atomic E-state index is 12.3. The van der Waals surface area contributed by atoms with Crippen molar-refractivity contribution in [3.8, 4) is 5.69 Å². The number of imidazole rings is 1. The molecule has 0 saturated heterocycles. The Balaban J connectivity index is 1.79. The highest BCUT2D eigenvalue weighted by Gasteiger charge is 2.13. The minimum Gasteiger partial charge on any atom is -0.322 e. The molecule has 2 aromatic heterocycles. The summed E-state index contributed by atoms with van der Waals surface area (Å²) in [7, 11) is 1.82. The highest BCUT2D eigenvalue weighted by Crippen LogP contribution is 2.17. The molecule has 6 heteroatoms. The highest BCUT2D eigenvalue weighted by atomic mass is 16.1. The summed E-state index contributed by atoms with van der Waals surface area (Å²) < 4.78 is 3.70. The normalized spacial score (nSPS) is 10.8. The van der Waals surface area contributed by atoms with Crippen molar-refractivity contribution in [2.45, 2.75) is 20.8 Å². The van der Waals surface area contributed by atoms with Gasteiger partial charge in [-0.15, -0.1) is 0 Å². The lowest BCUT2D eigenvalue weighted by Gasteiger charge is -2.08. The molecule has 1 aromatic carbocycles. The summed E-state index contributed by atoms with van der Waals surface area (Å²) in [4.78, 5) is 16.6. The van der Waals surface area contributed by atoms with Gasteiger partial charge in [-0.05, 0) is 45.0 Å². The third-order valence-electron chi connectivity index (χ3n) is 4.14. The molecule has 1 N–H and O–H groups in total. The smallest absolute Gasteiger partial charge is 0.259 e. The lowest BCUT2D eigenvalue weighted by atomic mass is 10.2. The van der Waals surface area contributed by atoms with Crippen LogP contribution in [0.5, 0.6) is 0 Å². The van der Waals surface area contributed by atoms with E-state index < -0.39 is 0 Å². The molecule has 0 aliphatic rings. The van der Waals surface area contributed by atoms with E-state index in [1.807, 2.05) is 56.7 Å². The molecule has 3 rings (SSSR count). The molecule has 0 aliphatic heterocycles. The van der Waals surface area contributed by atoms with Crippen molar-refractivity contribution in [2.24, 2.45) is 7.05 Å². The largest absolute Gasteiger partial charge is 0.322 e. The summed E-state index contributed by atoms with van der Waals surface area (Å²) in [6.45, 7) is 5.88. The number of hydrogen-bond acceptors (Lipinski definition) is 3. The fraction of sp³-hybridized carbons (Fsp3) is 0.235. The van der Waals surface area contributed by atoms with Crippen LogP contribution < -0.4 is 5.32 Å². The van der Waals surface area contributed by atoms with Gasteiger partial charge in [0.1, 0.15) is 0 Å². The summed E-state index contributed by atoms with van der Waals surface area (Å²) in [5.41, 5.74) is 5.29. The van der Waals surface area contributed by atoms with E-state index in [9.17, 15) is 4.79 Å². The van der Waals surface area contributed by atoms with E-state index in [-0.39, 0.29) is 5.91 Å². The Morgan fingerprint density at radius 2 is 1.78 bits per heavy atom. The zero-order valence-electron chi connectivity index (χ0n) is 13.7. The Morgan fingerprint density at radius 1 is 1.09 bits per heavy atom. The van der Waals surface area contributed by atoms with E-state index in [2.05, 4.69) is 15.4 Å². The van der Waals surface area contributed by atoms with Gasteiger partial charge >= 0.3 is 0 Å². The molecule has 1 amide bonds. The van der Waals surface area contributed by atoms with Gasteiger partial charge in [-0.25, -0.2) is 4.98 Å². The monoisotopic (exact) mass is 309 g/mol. The number of hydrogen-bond donors (Lipinski definition) is 1. The summed E-state index contributed by atoms with van der Waals surface area (Å²) in [6.07, 6.45) is 3.38. The van der Waals surface area contributed by atoms with Gasteiger partial charge in [0, 0.05) is 29.8 Å². The molecule has 23 heavy (non-hydrogen) atoms. The quantitative estimate of drug-likeness (QED) is 0.809. The molecular weight excluding hydrogens is 290 g/mol. The highest BCUT2D eigenvalue weighted by molar-refractivity contribution is 6.04. The topological polar surface area (TPSA) is 64.7 Å². The van der Waals surface area contributed by atoms with Crippen molar-refractivity contribution in [3.05, 3.63) is 59.4 Å². The van der Waals surface area contributed by atoms with Gasteiger partial charge in [0.25, 0.3) is 5.91 Å². The van der Waals surface area contributed by atoms with Gasteiger partial charge < -0.3 is 9.88 Å². The lowest BCUT2D eigenvalue weighted by molar-refractivity contribution is 0.102. The summed E-state index contributed by atoms with van der Waals surface area (Å²) in [5, 5.41) is 6.98. The first kappa shape index (κ1) is 15.0. The van der Waals surface area contributed by atoms with Crippen LogP contribution in [0.15, 0.2) is 36.8 Å². The number of benzene rings is 1. The van der Waals surface area contributed by atoms with Crippen LogP contribution in [0, 0.1) is 20.8 Å². The Morgan fingerprint density at radius 3 is 2.30 bits per heavy atom. The standard InChI is InChI=1S/C17H19N5O/c1-11-12(2)22(10-18-11)15-7-5-14(6-8-15)20-17(23)16-9-19-21(4)13(16)3/h5-10H,1-4H3,(H,20,23). The molecule has 0 unspecified atom stereocenters. The molecule has 0 saturated carbocycles. The Hall–Kier alpha value is -2.89. The fourth-order valence-electron chi connectivity index (χ4n) is 2.38. The van der Waals surface area contributed by atoms with E-state index in [4.69, 9.17) is 0 Å². The molecule has 0 spiro atoms. The van der Waals surface area contributed by atoms with Crippen LogP contribution in [0.1, 0.15) is 27.4 Å². The summed E-state index contributed by atoms with van der Waals surface area (Å²) in [5.74, 6) is -0.155. The SMILES string of the molecule is Cc1ncn(-c2ccc(NC(=O)c3cnn(C)c3C)cc2)c1C. The van der Waals surface area contributed by atoms with Gasteiger partial charge in [-0.3, -0.25) is 9.48 Å². The van der Waals surface area contributed by atoms with Crippen molar-refractivity contribution >= 4 is 11.6 Å². The molecule has 118 valence electrons. The molecular formula is C17H19N5O. The minimum atomic E-state index is -0.155. The second-order valence-corrected chi connectivity index (χ2v) is 5.55.